The molecule has 106 valence electrons. The van der Waals surface area contributed by atoms with E-state index in [0.717, 1.165) is 8.95 Å². The van der Waals surface area contributed by atoms with Crippen molar-refractivity contribution in [2.24, 2.45) is 0 Å². The summed E-state index contributed by atoms with van der Waals surface area (Å²) in [6.45, 7) is 0. The predicted octanol–water partition coefficient (Wildman–Crippen LogP) is 7.19. The van der Waals surface area contributed by atoms with Gasteiger partial charge in [-0.25, -0.2) is 0 Å². The third kappa shape index (κ3) is 2.37. The second-order valence-electron chi connectivity index (χ2n) is 5.35. The fourth-order valence-electron chi connectivity index (χ4n) is 2.89. The molecule has 0 amide bonds. The maximum Gasteiger partial charge on any atom is 0.0260 e. The fraction of sp³-hybridized carbons (Fsp3) is 0. The van der Waals surface area contributed by atoms with Crippen LogP contribution in [0.4, 0.5) is 0 Å². The van der Waals surface area contributed by atoms with Crippen molar-refractivity contribution in [1.82, 2.24) is 0 Å². The number of benzene rings is 4. The molecule has 0 N–H and O–H groups in total. The number of hydrogen-bond donors (Lipinski definition) is 0. The van der Waals surface area contributed by atoms with Crippen LogP contribution in [-0.2, 0) is 0 Å². The average molecular weight is 412 g/mol. The quantitative estimate of drug-likeness (QED) is 0.291. The maximum atomic E-state index is 3.71. The topological polar surface area (TPSA) is 0 Å². The number of fused-ring (bicyclic) bond motifs is 3. The lowest BCUT2D eigenvalue weighted by molar-refractivity contribution is 1.64. The molecule has 4 aromatic carbocycles. The Morgan fingerprint density at radius 3 is 2.18 bits per heavy atom. The minimum atomic E-state index is 1.11. The van der Waals surface area contributed by atoms with E-state index in [1.807, 2.05) is 6.07 Å². The van der Waals surface area contributed by atoms with Crippen molar-refractivity contribution in [3.8, 4) is 11.1 Å². The van der Waals surface area contributed by atoms with Gasteiger partial charge in [0.2, 0.25) is 0 Å². The van der Waals surface area contributed by atoms with Gasteiger partial charge in [-0.05, 0) is 56.9 Å². The summed E-state index contributed by atoms with van der Waals surface area (Å²) in [5.74, 6) is 0. The van der Waals surface area contributed by atoms with E-state index < -0.39 is 0 Å². The van der Waals surface area contributed by atoms with E-state index in [2.05, 4.69) is 98.6 Å². The Labute approximate surface area is 146 Å². The first-order valence-corrected chi connectivity index (χ1v) is 8.68. The molecule has 0 spiro atoms. The lowest BCUT2D eigenvalue weighted by Gasteiger charge is -2.10. The molecule has 0 unspecified atom stereocenters. The highest BCUT2D eigenvalue weighted by atomic mass is 79.9. The van der Waals surface area contributed by atoms with E-state index in [1.54, 1.807) is 0 Å². The van der Waals surface area contributed by atoms with Crippen molar-refractivity contribution >= 4 is 53.4 Å². The zero-order valence-electron chi connectivity index (χ0n) is 11.7. The molecular weight excluding hydrogens is 400 g/mol. The largest absolute Gasteiger partial charge is 0.0622 e. The lowest BCUT2D eigenvalue weighted by atomic mass is 9.97. The zero-order valence-corrected chi connectivity index (χ0v) is 14.9. The molecule has 0 saturated heterocycles. The van der Waals surface area contributed by atoms with Gasteiger partial charge in [-0.2, -0.15) is 0 Å². The molecule has 0 aliphatic heterocycles. The van der Waals surface area contributed by atoms with E-state index in [4.69, 9.17) is 0 Å². The molecule has 0 bridgehead atoms. The molecule has 0 aliphatic carbocycles. The van der Waals surface area contributed by atoms with Crippen molar-refractivity contribution in [3.05, 3.63) is 81.7 Å². The Bertz CT molecular complexity index is 989. The summed E-state index contributed by atoms with van der Waals surface area (Å²) in [7, 11) is 0. The van der Waals surface area contributed by atoms with E-state index in [0.29, 0.717) is 0 Å². The molecule has 0 atom stereocenters. The standard InChI is InChI=1S/C20H12Br2/c21-16-8-6-15-11-20(22)17-9-7-14(10-19(17)18(15)12-16)13-4-2-1-3-5-13/h1-12H. The van der Waals surface area contributed by atoms with Gasteiger partial charge < -0.3 is 0 Å². The first-order chi connectivity index (χ1) is 10.7. The van der Waals surface area contributed by atoms with Gasteiger partial charge in [0.15, 0.2) is 0 Å². The van der Waals surface area contributed by atoms with Crippen LogP contribution in [0.15, 0.2) is 81.7 Å². The van der Waals surface area contributed by atoms with Crippen LogP contribution >= 0.6 is 31.9 Å². The van der Waals surface area contributed by atoms with Gasteiger partial charge in [0.05, 0.1) is 0 Å². The molecular formula is C20H12Br2. The fourth-order valence-corrected chi connectivity index (χ4v) is 3.84. The van der Waals surface area contributed by atoms with Crippen molar-refractivity contribution in [2.45, 2.75) is 0 Å². The van der Waals surface area contributed by atoms with Crippen LogP contribution in [0.25, 0.3) is 32.7 Å². The summed E-state index contributed by atoms with van der Waals surface area (Å²) in [5.41, 5.74) is 2.49. The molecule has 0 radical (unpaired) electrons. The van der Waals surface area contributed by atoms with E-state index in [-0.39, 0.29) is 0 Å². The minimum absolute atomic E-state index is 1.11. The second-order valence-corrected chi connectivity index (χ2v) is 7.12. The summed E-state index contributed by atoms with van der Waals surface area (Å²) in [4.78, 5) is 0. The molecule has 0 fully saturated rings. The molecule has 22 heavy (non-hydrogen) atoms. The molecule has 0 aliphatic rings. The van der Waals surface area contributed by atoms with Crippen molar-refractivity contribution in [3.63, 3.8) is 0 Å². The summed E-state index contributed by atoms with van der Waals surface area (Å²) in [5, 5.41) is 5.02. The van der Waals surface area contributed by atoms with Crippen LogP contribution in [0.5, 0.6) is 0 Å². The highest BCUT2D eigenvalue weighted by Gasteiger charge is 2.07. The Balaban J connectivity index is 2.09. The molecule has 0 aromatic heterocycles. The Kier molecular flexibility index (Phi) is 3.51. The second kappa shape index (κ2) is 5.53. The van der Waals surface area contributed by atoms with Crippen molar-refractivity contribution in [1.29, 1.82) is 0 Å². The van der Waals surface area contributed by atoms with Crippen LogP contribution in [0, 0.1) is 0 Å². The van der Waals surface area contributed by atoms with E-state index in [1.165, 1.54) is 32.7 Å². The number of halogens is 2. The SMILES string of the molecule is Brc1ccc2cc(Br)c3ccc(-c4ccccc4)cc3c2c1. The normalized spacial score (nSPS) is 11.2. The maximum absolute atomic E-state index is 3.71. The van der Waals surface area contributed by atoms with Gasteiger partial charge in [-0.3, -0.25) is 0 Å². The first-order valence-electron chi connectivity index (χ1n) is 7.09. The van der Waals surface area contributed by atoms with Crippen LogP contribution < -0.4 is 0 Å². The monoisotopic (exact) mass is 410 g/mol. The zero-order chi connectivity index (χ0) is 15.1. The van der Waals surface area contributed by atoms with Crippen LogP contribution in [0.3, 0.4) is 0 Å². The molecule has 0 saturated carbocycles. The molecule has 4 rings (SSSR count). The van der Waals surface area contributed by atoms with Crippen molar-refractivity contribution < 1.29 is 0 Å². The minimum Gasteiger partial charge on any atom is -0.0622 e. The summed E-state index contributed by atoms with van der Waals surface area (Å²) < 4.78 is 2.24. The number of hydrogen-bond acceptors (Lipinski definition) is 0. The Hall–Kier alpha value is -1.64. The predicted molar refractivity (Wildman–Crippen MR) is 102 cm³/mol. The smallest absolute Gasteiger partial charge is 0.0260 e. The van der Waals surface area contributed by atoms with Gasteiger partial charge >= 0.3 is 0 Å². The lowest BCUT2D eigenvalue weighted by Crippen LogP contribution is -1.83. The Morgan fingerprint density at radius 2 is 1.36 bits per heavy atom. The molecule has 0 heterocycles. The third-order valence-electron chi connectivity index (χ3n) is 3.97. The van der Waals surface area contributed by atoms with Gasteiger partial charge in [0.1, 0.15) is 0 Å². The average Bonchev–Trinajstić information content (AvgIpc) is 2.56. The summed E-state index contributed by atoms with van der Waals surface area (Å²) in [6, 6.07) is 25.8. The first kappa shape index (κ1) is 14.0. The van der Waals surface area contributed by atoms with Crippen LogP contribution in [0.1, 0.15) is 0 Å². The van der Waals surface area contributed by atoms with Gasteiger partial charge in [0.25, 0.3) is 0 Å². The Morgan fingerprint density at radius 1 is 0.545 bits per heavy atom. The highest BCUT2D eigenvalue weighted by Crippen LogP contribution is 2.35. The van der Waals surface area contributed by atoms with Crippen molar-refractivity contribution in [2.75, 3.05) is 0 Å². The molecule has 0 nitrogen and oxygen atoms in total. The van der Waals surface area contributed by atoms with Crippen LogP contribution in [-0.4, -0.2) is 0 Å². The highest BCUT2D eigenvalue weighted by molar-refractivity contribution is 9.11. The van der Waals surface area contributed by atoms with Gasteiger partial charge in [-0.1, -0.05) is 80.4 Å². The van der Waals surface area contributed by atoms with E-state index in [9.17, 15) is 0 Å². The number of rotatable bonds is 1. The summed E-state index contributed by atoms with van der Waals surface area (Å²) >= 11 is 7.29. The third-order valence-corrected chi connectivity index (χ3v) is 5.12. The van der Waals surface area contributed by atoms with Crippen LogP contribution in [0.2, 0.25) is 0 Å². The summed E-state index contributed by atoms with van der Waals surface area (Å²) in [6.07, 6.45) is 0. The van der Waals surface area contributed by atoms with Gasteiger partial charge in [0, 0.05) is 8.95 Å². The molecule has 2 heteroatoms. The van der Waals surface area contributed by atoms with E-state index >= 15 is 0 Å². The van der Waals surface area contributed by atoms with Gasteiger partial charge in [-0.15, -0.1) is 0 Å². The molecule has 4 aromatic rings.